The maximum absolute atomic E-state index is 12.4. The molecule has 0 saturated heterocycles. The van der Waals surface area contributed by atoms with E-state index in [-0.39, 0.29) is 24.0 Å². The van der Waals surface area contributed by atoms with E-state index in [1.807, 2.05) is 25.1 Å². The standard InChI is InChI=1S/C18H24N2O2S/c1-12-6-5-7-13(8-12)9-14(11-21)20-16(22)15-10-19-17(23-15)18(2,3)4/h5-8,10,14,21H,9,11H2,1-4H3,(H,20,22)/t14-/m0/s1. The van der Waals surface area contributed by atoms with Crippen molar-refractivity contribution in [1.82, 2.24) is 10.3 Å². The van der Waals surface area contributed by atoms with Gasteiger partial charge in [0, 0.05) is 5.41 Å². The molecule has 4 nitrogen and oxygen atoms in total. The van der Waals surface area contributed by atoms with Crippen LogP contribution >= 0.6 is 11.3 Å². The Labute approximate surface area is 141 Å². The first-order chi connectivity index (χ1) is 10.8. The quantitative estimate of drug-likeness (QED) is 0.884. The number of aliphatic hydroxyl groups excluding tert-OH is 1. The molecule has 0 saturated carbocycles. The van der Waals surface area contributed by atoms with Crippen LogP contribution in [-0.4, -0.2) is 28.6 Å². The summed E-state index contributed by atoms with van der Waals surface area (Å²) < 4.78 is 0. The van der Waals surface area contributed by atoms with Crippen LogP contribution < -0.4 is 5.32 Å². The van der Waals surface area contributed by atoms with Crippen molar-refractivity contribution in [2.75, 3.05) is 6.61 Å². The topological polar surface area (TPSA) is 62.2 Å². The molecule has 23 heavy (non-hydrogen) atoms. The third-order valence-electron chi connectivity index (χ3n) is 3.49. The van der Waals surface area contributed by atoms with E-state index in [0.29, 0.717) is 11.3 Å². The van der Waals surface area contributed by atoms with Gasteiger partial charge in [-0.05, 0) is 18.9 Å². The SMILES string of the molecule is Cc1cccc(C[C@@H](CO)NC(=O)c2cnc(C(C)(C)C)s2)c1. The summed E-state index contributed by atoms with van der Waals surface area (Å²) in [7, 11) is 0. The predicted octanol–water partition coefficient (Wildman–Crippen LogP) is 3.08. The third-order valence-corrected chi connectivity index (χ3v) is 4.91. The summed E-state index contributed by atoms with van der Waals surface area (Å²) in [6.07, 6.45) is 2.22. The Morgan fingerprint density at radius 3 is 2.70 bits per heavy atom. The van der Waals surface area contributed by atoms with Crippen LogP contribution in [0.15, 0.2) is 30.5 Å². The number of aromatic nitrogens is 1. The van der Waals surface area contributed by atoms with E-state index in [0.717, 1.165) is 10.6 Å². The van der Waals surface area contributed by atoms with Gasteiger partial charge >= 0.3 is 0 Å². The molecule has 0 aliphatic carbocycles. The number of nitrogens with one attached hydrogen (secondary N) is 1. The van der Waals surface area contributed by atoms with Crippen LogP contribution in [0.3, 0.4) is 0 Å². The second-order valence-corrected chi connectivity index (χ2v) is 7.86. The highest BCUT2D eigenvalue weighted by Crippen LogP contribution is 2.26. The highest BCUT2D eigenvalue weighted by atomic mass is 32.1. The summed E-state index contributed by atoms with van der Waals surface area (Å²) in [5, 5.41) is 13.4. The number of nitrogens with zero attached hydrogens (tertiary/aromatic N) is 1. The van der Waals surface area contributed by atoms with Crippen molar-refractivity contribution in [3.05, 3.63) is 51.5 Å². The van der Waals surface area contributed by atoms with Crippen LogP contribution in [0.4, 0.5) is 0 Å². The van der Waals surface area contributed by atoms with Crippen LogP contribution in [0, 0.1) is 6.92 Å². The molecule has 1 aromatic carbocycles. The number of thiazole rings is 1. The van der Waals surface area contributed by atoms with Crippen molar-refractivity contribution >= 4 is 17.2 Å². The zero-order chi connectivity index (χ0) is 17.0. The molecule has 1 aromatic heterocycles. The number of hydrogen-bond donors (Lipinski definition) is 2. The highest BCUT2D eigenvalue weighted by molar-refractivity contribution is 7.13. The van der Waals surface area contributed by atoms with E-state index < -0.39 is 0 Å². The van der Waals surface area contributed by atoms with E-state index in [1.165, 1.54) is 16.9 Å². The summed E-state index contributed by atoms with van der Waals surface area (Å²) in [4.78, 5) is 17.3. The van der Waals surface area contributed by atoms with Crippen LogP contribution in [-0.2, 0) is 11.8 Å². The zero-order valence-corrected chi connectivity index (χ0v) is 14.9. The Kier molecular flexibility index (Phi) is 5.55. The molecule has 0 radical (unpaired) electrons. The molecule has 1 atom stereocenters. The normalized spacial score (nSPS) is 12.9. The average molecular weight is 332 g/mol. The lowest BCUT2D eigenvalue weighted by atomic mass is 9.98. The summed E-state index contributed by atoms with van der Waals surface area (Å²) >= 11 is 1.40. The highest BCUT2D eigenvalue weighted by Gasteiger charge is 2.21. The summed E-state index contributed by atoms with van der Waals surface area (Å²) in [5.41, 5.74) is 2.20. The number of aliphatic hydroxyl groups is 1. The lowest BCUT2D eigenvalue weighted by Crippen LogP contribution is -2.38. The maximum atomic E-state index is 12.4. The molecule has 0 spiro atoms. The number of rotatable bonds is 5. The molecule has 1 amide bonds. The molecular formula is C18H24N2O2S. The second kappa shape index (κ2) is 7.23. The van der Waals surface area contributed by atoms with Gasteiger partial charge < -0.3 is 10.4 Å². The fourth-order valence-electron chi connectivity index (χ4n) is 2.27. The van der Waals surface area contributed by atoms with Crippen LogP contribution in [0.1, 0.15) is 46.6 Å². The van der Waals surface area contributed by atoms with Gasteiger partial charge in [-0.15, -0.1) is 11.3 Å². The van der Waals surface area contributed by atoms with Crippen molar-refractivity contribution in [1.29, 1.82) is 0 Å². The Hall–Kier alpha value is -1.72. The van der Waals surface area contributed by atoms with Crippen LogP contribution in [0.2, 0.25) is 0 Å². The lowest BCUT2D eigenvalue weighted by molar-refractivity contribution is 0.0920. The molecule has 0 aliphatic heterocycles. The first kappa shape index (κ1) is 17.6. The predicted molar refractivity (Wildman–Crippen MR) is 94.0 cm³/mol. The summed E-state index contributed by atoms with van der Waals surface area (Å²) in [6, 6.07) is 7.79. The van der Waals surface area contributed by atoms with Crippen molar-refractivity contribution in [2.24, 2.45) is 0 Å². The number of amides is 1. The molecule has 2 N–H and O–H groups in total. The monoisotopic (exact) mass is 332 g/mol. The molecule has 0 aliphatic rings. The van der Waals surface area contributed by atoms with E-state index in [2.05, 4.69) is 37.1 Å². The fraction of sp³-hybridized carbons (Fsp3) is 0.444. The van der Waals surface area contributed by atoms with Gasteiger partial charge in [-0.1, -0.05) is 50.6 Å². The van der Waals surface area contributed by atoms with Crippen molar-refractivity contribution < 1.29 is 9.90 Å². The van der Waals surface area contributed by atoms with Gasteiger partial charge in [0.2, 0.25) is 0 Å². The number of benzene rings is 1. The van der Waals surface area contributed by atoms with Gasteiger partial charge in [-0.3, -0.25) is 4.79 Å². The Balaban J connectivity index is 2.03. The minimum atomic E-state index is -0.301. The molecule has 5 heteroatoms. The number of hydrogen-bond acceptors (Lipinski definition) is 4. The minimum absolute atomic E-state index is 0.0683. The Bertz CT molecular complexity index is 674. The van der Waals surface area contributed by atoms with Crippen molar-refractivity contribution in [3.8, 4) is 0 Å². The molecule has 2 rings (SSSR count). The fourth-order valence-corrected chi connectivity index (χ4v) is 3.14. The van der Waals surface area contributed by atoms with Gasteiger partial charge in [-0.25, -0.2) is 4.98 Å². The van der Waals surface area contributed by atoms with Gasteiger partial charge in [0.25, 0.3) is 5.91 Å². The number of carbonyl (C=O) groups excluding carboxylic acids is 1. The number of carbonyl (C=O) groups is 1. The van der Waals surface area contributed by atoms with E-state index >= 15 is 0 Å². The average Bonchev–Trinajstić information content (AvgIpc) is 2.96. The van der Waals surface area contributed by atoms with Gasteiger partial charge in [-0.2, -0.15) is 0 Å². The van der Waals surface area contributed by atoms with Crippen LogP contribution in [0.25, 0.3) is 0 Å². The lowest BCUT2D eigenvalue weighted by Gasteiger charge is -2.16. The Morgan fingerprint density at radius 2 is 2.13 bits per heavy atom. The van der Waals surface area contributed by atoms with Gasteiger partial charge in [0.1, 0.15) is 4.88 Å². The summed E-state index contributed by atoms with van der Waals surface area (Å²) in [5.74, 6) is -0.176. The second-order valence-electron chi connectivity index (χ2n) is 6.83. The number of aryl methyl sites for hydroxylation is 1. The molecule has 0 fully saturated rings. The van der Waals surface area contributed by atoms with E-state index in [9.17, 15) is 9.90 Å². The molecule has 0 unspecified atom stereocenters. The molecule has 1 heterocycles. The van der Waals surface area contributed by atoms with E-state index in [1.54, 1.807) is 6.20 Å². The van der Waals surface area contributed by atoms with E-state index in [4.69, 9.17) is 0 Å². The van der Waals surface area contributed by atoms with Crippen molar-refractivity contribution in [3.63, 3.8) is 0 Å². The van der Waals surface area contributed by atoms with Crippen LogP contribution in [0.5, 0.6) is 0 Å². The zero-order valence-electron chi connectivity index (χ0n) is 14.1. The molecule has 124 valence electrons. The molecule has 0 bridgehead atoms. The van der Waals surface area contributed by atoms with Gasteiger partial charge in [0.05, 0.1) is 23.9 Å². The molecule has 2 aromatic rings. The third kappa shape index (κ3) is 4.88. The first-order valence-corrected chi connectivity index (χ1v) is 8.55. The molecular weight excluding hydrogens is 308 g/mol. The largest absolute Gasteiger partial charge is 0.394 e. The maximum Gasteiger partial charge on any atom is 0.263 e. The van der Waals surface area contributed by atoms with Crippen molar-refractivity contribution in [2.45, 2.75) is 45.6 Å². The smallest absolute Gasteiger partial charge is 0.263 e. The Morgan fingerprint density at radius 1 is 1.39 bits per heavy atom. The summed E-state index contributed by atoms with van der Waals surface area (Å²) in [6.45, 7) is 8.15. The minimum Gasteiger partial charge on any atom is -0.394 e. The van der Waals surface area contributed by atoms with Gasteiger partial charge in [0.15, 0.2) is 0 Å². The first-order valence-electron chi connectivity index (χ1n) is 7.73.